The van der Waals surface area contributed by atoms with Crippen molar-refractivity contribution in [2.45, 2.75) is 11.3 Å². The van der Waals surface area contributed by atoms with E-state index >= 15 is 0 Å². The zero-order chi connectivity index (χ0) is 17.3. The summed E-state index contributed by atoms with van der Waals surface area (Å²) in [4.78, 5) is 7.74. The molecule has 0 aliphatic carbocycles. The summed E-state index contributed by atoms with van der Waals surface area (Å²) < 4.78 is 29.9. The number of benzene rings is 2. The molecule has 1 N–H and O–H groups in total. The van der Waals surface area contributed by atoms with Crippen molar-refractivity contribution < 1.29 is 12.9 Å². The van der Waals surface area contributed by atoms with Crippen LogP contribution in [0.2, 0.25) is 0 Å². The van der Waals surface area contributed by atoms with Crippen molar-refractivity contribution in [2.24, 2.45) is 0 Å². The Labute approximate surface area is 144 Å². The maximum atomic E-state index is 12.3. The smallest absolute Gasteiger partial charge is 0.257 e. The van der Waals surface area contributed by atoms with E-state index in [9.17, 15) is 8.42 Å². The lowest BCUT2D eigenvalue weighted by atomic mass is 10.1. The highest BCUT2D eigenvalue weighted by molar-refractivity contribution is 7.91. The molecule has 0 spiro atoms. The van der Waals surface area contributed by atoms with Gasteiger partial charge in [0.2, 0.25) is 0 Å². The Hall–Kier alpha value is -2.93. The van der Waals surface area contributed by atoms with Crippen LogP contribution in [0.4, 0.5) is 0 Å². The lowest BCUT2D eigenvalue weighted by Gasteiger charge is -2.01. The summed E-state index contributed by atoms with van der Waals surface area (Å²) in [6.45, 7) is 0. The van der Waals surface area contributed by atoms with Crippen LogP contribution in [0.1, 0.15) is 5.82 Å². The predicted molar refractivity (Wildman–Crippen MR) is 93.8 cm³/mol. The Morgan fingerprint density at radius 2 is 1.88 bits per heavy atom. The summed E-state index contributed by atoms with van der Waals surface area (Å²) in [5.41, 5.74) is 1.77. The Morgan fingerprint density at radius 1 is 1.04 bits per heavy atom. The second-order valence-electron chi connectivity index (χ2n) is 5.68. The third-order valence-corrected chi connectivity index (χ3v) is 5.70. The fourth-order valence-corrected chi connectivity index (χ4v) is 3.88. The van der Waals surface area contributed by atoms with Crippen LogP contribution in [-0.4, -0.2) is 29.3 Å². The average molecular weight is 353 g/mol. The quantitative estimate of drug-likeness (QED) is 0.595. The van der Waals surface area contributed by atoms with Gasteiger partial charge in [-0.05, 0) is 35.7 Å². The van der Waals surface area contributed by atoms with Crippen LogP contribution in [-0.2, 0) is 16.3 Å². The summed E-state index contributed by atoms with van der Waals surface area (Å²) in [6, 6.07) is 16.1. The topological polar surface area (TPSA) is 88.9 Å². The Bertz CT molecular complexity index is 1110. The standard InChI is InChI=1S/C18H15N3O3S/c22-25(23,15-4-2-1-3-5-15)11-9-17-20-18(24-21-17)14-7-6-13-8-10-19-16(13)12-14/h1-8,10,12,19H,9,11H2. The molecule has 2 aromatic carbocycles. The molecule has 126 valence electrons. The highest BCUT2D eigenvalue weighted by Crippen LogP contribution is 2.22. The number of sulfone groups is 1. The van der Waals surface area contributed by atoms with Crippen molar-refractivity contribution in [1.29, 1.82) is 0 Å². The van der Waals surface area contributed by atoms with Crippen LogP contribution in [0, 0.1) is 0 Å². The fraction of sp³-hybridized carbons (Fsp3) is 0.111. The van der Waals surface area contributed by atoms with Gasteiger partial charge in [-0.1, -0.05) is 29.4 Å². The number of aromatic nitrogens is 3. The van der Waals surface area contributed by atoms with Gasteiger partial charge in [0.15, 0.2) is 15.7 Å². The second kappa shape index (κ2) is 6.18. The molecule has 0 radical (unpaired) electrons. The molecule has 4 aromatic rings. The molecule has 0 fully saturated rings. The highest BCUT2D eigenvalue weighted by Gasteiger charge is 2.17. The number of fused-ring (bicyclic) bond motifs is 1. The largest absolute Gasteiger partial charge is 0.361 e. The number of H-pyrrole nitrogens is 1. The van der Waals surface area contributed by atoms with E-state index in [0.717, 1.165) is 16.5 Å². The molecule has 4 rings (SSSR count). The Morgan fingerprint density at radius 3 is 2.72 bits per heavy atom. The summed E-state index contributed by atoms with van der Waals surface area (Å²) in [5.74, 6) is 0.691. The average Bonchev–Trinajstić information content (AvgIpc) is 3.29. The summed E-state index contributed by atoms with van der Waals surface area (Å²) in [6.07, 6.45) is 2.06. The first kappa shape index (κ1) is 15.6. The minimum atomic E-state index is -3.36. The maximum Gasteiger partial charge on any atom is 0.257 e. The van der Waals surface area contributed by atoms with E-state index in [4.69, 9.17) is 4.52 Å². The molecule has 0 bridgehead atoms. The SMILES string of the molecule is O=S(=O)(CCc1noc(-c2ccc3cc[nH]c3c2)n1)c1ccccc1. The maximum absolute atomic E-state index is 12.3. The van der Waals surface area contributed by atoms with Crippen molar-refractivity contribution in [2.75, 3.05) is 5.75 Å². The Balaban J connectivity index is 1.51. The number of aryl methyl sites for hydroxylation is 1. The molecule has 25 heavy (non-hydrogen) atoms. The molecule has 0 saturated heterocycles. The molecule has 0 amide bonds. The summed E-state index contributed by atoms with van der Waals surface area (Å²) in [7, 11) is -3.36. The van der Waals surface area contributed by atoms with Gasteiger partial charge in [-0.3, -0.25) is 0 Å². The van der Waals surface area contributed by atoms with Gasteiger partial charge in [0.25, 0.3) is 5.89 Å². The monoisotopic (exact) mass is 353 g/mol. The van der Waals surface area contributed by atoms with Gasteiger partial charge in [0.05, 0.1) is 10.6 Å². The van der Waals surface area contributed by atoms with Gasteiger partial charge in [-0.2, -0.15) is 4.98 Å². The molecular weight excluding hydrogens is 338 g/mol. The first-order valence-electron chi connectivity index (χ1n) is 7.80. The number of aromatic amines is 1. The predicted octanol–water partition coefficient (Wildman–Crippen LogP) is 3.23. The van der Waals surface area contributed by atoms with Crippen LogP contribution in [0.3, 0.4) is 0 Å². The molecule has 0 atom stereocenters. The van der Waals surface area contributed by atoms with Crippen molar-refractivity contribution in [3.05, 3.63) is 66.6 Å². The van der Waals surface area contributed by atoms with Gasteiger partial charge >= 0.3 is 0 Å². The van der Waals surface area contributed by atoms with Crippen LogP contribution in [0.5, 0.6) is 0 Å². The molecule has 0 aliphatic rings. The molecular formula is C18H15N3O3S. The molecule has 7 heteroatoms. The van der Waals surface area contributed by atoms with Gasteiger partial charge in [0, 0.05) is 23.7 Å². The van der Waals surface area contributed by atoms with Crippen LogP contribution in [0.15, 0.2) is 70.2 Å². The minimum absolute atomic E-state index is 0.0638. The number of hydrogen-bond acceptors (Lipinski definition) is 5. The molecule has 2 heterocycles. The van der Waals surface area contributed by atoms with E-state index in [1.165, 1.54) is 0 Å². The van der Waals surface area contributed by atoms with Gasteiger partial charge in [0.1, 0.15) is 0 Å². The summed E-state index contributed by atoms with van der Waals surface area (Å²) >= 11 is 0. The van der Waals surface area contributed by atoms with Gasteiger partial charge in [-0.25, -0.2) is 8.42 Å². The number of hydrogen-bond donors (Lipinski definition) is 1. The normalized spacial score (nSPS) is 11.8. The second-order valence-corrected chi connectivity index (χ2v) is 7.79. The van der Waals surface area contributed by atoms with E-state index in [1.807, 2.05) is 30.5 Å². The van der Waals surface area contributed by atoms with Crippen LogP contribution in [0.25, 0.3) is 22.4 Å². The van der Waals surface area contributed by atoms with E-state index < -0.39 is 9.84 Å². The first-order valence-corrected chi connectivity index (χ1v) is 9.45. The van der Waals surface area contributed by atoms with Gasteiger partial charge in [-0.15, -0.1) is 0 Å². The molecule has 0 unspecified atom stereocenters. The molecule has 6 nitrogen and oxygen atoms in total. The zero-order valence-corrected chi connectivity index (χ0v) is 14.0. The first-order chi connectivity index (χ1) is 12.1. The number of nitrogens with one attached hydrogen (secondary N) is 1. The van der Waals surface area contributed by atoms with Crippen molar-refractivity contribution in [3.63, 3.8) is 0 Å². The highest BCUT2D eigenvalue weighted by atomic mass is 32.2. The molecule has 2 aromatic heterocycles. The lowest BCUT2D eigenvalue weighted by molar-refractivity contribution is 0.423. The lowest BCUT2D eigenvalue weighted by Crippen LogP contribution is -2.09. The van der Waals surface area contributed by atoms with Crippen molar-refractivity contribution >= 4 is 20.7 Å². The van der Waals surface area contributed by atoms with Crippen LogP contribution >= 0.6 is 0 Å². The zero-order valence-electron chi connectivity index (χ0n) is 13.2. The van der Waals surface area contributed by atoms with E-state index in [1.54, 1.807) is 30.3 Å². The van der Waals surface area contributed by atoms with Crippen LogP contribution < -0.4 is 0 Å². The number of rotatable bonds is 5. The molecule has 0 aliphatic heterocycles. The summed E-state index contributed by atoms with van der Waals surface area (Å²) in [5, 5.41) is 4.99. The van der Waals surface area contributed by atoms with Gasteiger partial charge < -0.3 is 9.51 Å². The third kappa shape index (κ3) is 3.18. The Kier molecular flexibility index (Phi) is 3.85. The number of nitrogens with zero attached hydrogens (tertiary/aromatic N) is 2. The fourth-order valence-electron chi connectivity index (χ4n) is 2.62. The van der Waals surface area contributed by atoms with E-state index in [-0.39, 0.29) is 12.2 Å². The van der Waals surface area contributed by atoms with E-state index in [2.05, 4.69) is 15.1 Å². The van der Waals surface area contributed by atoms with Crippen molar-refractivity contribution in [1.82, 2.24) is 15.1 Å². The molecule has 0 saturated carbocycles. The minimum Gasteiger partial charge on any atom is -0.361 e. The van der Waals surface area contributed by atoms with Crippen molar-refractivity contribution in [3.8, 4) is 11.5 Å². The van der Waals surface area contributed by atoms with E-state index in [0.29, 0.717) is 16.6 Å². The third-order valence-electron chi connectivity index (χ3n) is 3.97.